The van der Waals surface area contributed by atoms with E-state index in [2.05, 4.69) is 0 Å². The van der Waals surface area contributed by atoms with Crippen LogP contribution in [-0.4, -0.2) is 31.2 Å². The average molecular weight is 271 g/mol. The van der Waals surface area contributed by atoms with E-state index in [4.69, 9.17) is 11.5 Å². The number of benzene rings is 1. The van der Waals surface area contributed by atoms with E-state index in [1.807, 2.05) is 0 Å². The molecule has 1 rings (SSSR count). The van der Waals surface area contributed by atoms with Crippen molar-refractivity contribution in [1.29, 1.82) is 0 Å². The van der Waals surface area contributed by atoms with Crippen molar-refractivity contribution in [2.45, 2.75) is 24.8 Å². The number of nitrogen functional groups attached to an aromatic ring is 1. The van der Waals surface area contributed by atoms with Gasteiger partial charge in [0.1, 0.15) is 0 Å². The molecule has 0 aliphatic rings. The summed E-state index contributed by atoms with van der Waals surface area (Å²) in [7, 11) is -3.77. The first-order valence-corrected chi connectivity index (χ1v) is 6.85. The summed E-state index contributed by atoms with van der Waals surface area (Å²) in [5.74, 6) is -0.698. The van der Waals surface area contributed by atoms with E-state index in [0.717, 1.165) is 4.31 Å². The molecule has 0 aromatic heterocycles. The monoisotopic (exact) mass is 271 g/mol. The van der Waals surface area contributed by atoms with Crippen LogP contribution < -0.4 is 11.5 Å². The van der Waals surface area contributed by atoms with Crippen LogP contribution in [0.5, 0.6) is 0 Å². The third-order valence-corrected chi connectivity index (χ3v) is 4.37. The highest BCUT2D eigenvalue weighted by Crippen LogP contribution is 2.19. The molecular formula is C11H17N3O3S. The molecule has 0 aliphatic heterocycles. The standard InChI is InChI=1S/C11H17N3O3S/c1-8(2)14(7-11(13)15)18(16,17)10-5-3-4-9(12)6-10/h3-6,8H,7,12H2,1-2H3,(H2,13,15). The number of primary amides is 1. The minimum atomic E-state index is -3.77. The Morgan fingerprint density at radius 3 is 2.44 bits per heavy atom. The van der Waals surface area contributed by atoms with Crippen molar-refractivity contribution in [3.8, 4) is 0 Å². The molecule has 0 heterocycles. The van der Waals surface area contributed by atoms with Gasteiger partial charge in [-0.05, 0) is 32.0 Å². The Labute approximate surface area is 107 Å². The molecule has 100 valence electrons. The maximum atomic E-state index is 12.3. The third-order valence-electron chi connectivity index (χ3n) is 2.35. The summed E-state index contributed by atoms with van der Waals surface area (Å²) in [5, 5.41) is 0. The predicted molar refractivity (Wildman–Crippen MR) is 69.1 cm³/mol. The Bertz CT molecular complexity index is 540. The topological polar surface area (TPSA) is 106 Å². The van der Waals surface area contributed by atoms with Crippen LogP contribution in [0.25, 0.3) is 0 Å². The van der Waals surface area contributed by atoms with Gasteiger partial charge < -0.3 is 11.5 Å². The van der Waals surface area contributed by atoms with Gasteiger partial charge in [0.15, 0.2) is 0 Å². The molecule has 0 atom stereocenters. The van der Waals surface area contributed by atoms with Gasteiger partial charge in [0.05, 0.1) is 11.4 Å². The number of hydrogen-bond donors (Lipinski definition) is 2. The second-order valence-corrected chi connectivity index (χ2v) is 6.07. The molecule has 1 aromatic carbocycles. The molecule has 0 radical (unpaired) electrons. The predicted octanol–water partition coefficient (Wildman–Crippen LogP) is 0.153. The molecule has 0 spiro atoms. The van der Waals surface area contributed by atoms with Crippen molar-refractivity contribution in [1.82, 2.24) is 4.31 Å². The van der Waals surface area contributed by atoms with Gasteiger partial charge in [-0.15, -0.1) is 0 Å². The summed E-state index contributed by atoms with van der Waals surface area (Å²) in [4.78, 5) is 11.0. The highest BCUT2D eigenvalue weighted by Gasteiger charge is 2.28. The summed E-state index contributed by atoms with van der Waals surface area (Å²) in [6, 6.07) is 5.55. The lowest BCUT2D eigenvalue weighted by Crippen LogP contribution is -2.42. The van der Waals surface area contributed by atoms with Crippen LogP contribution in [0.2, 0.25) is 0 Å². The zero-order valence-corrected chi connectivity index (χ0v) is 11.1. The first-order valence-electron chi connectivity index (χ1n) is 5.41. The lowest BCUT2D eigenvalue weighted by atomic mass is 10.3. The average Bonchev–Trinajstić information content (AvgIpc) is 2.25. The molecular weight excluding hydrogens is 254 g/mol. The van der Waals surface area contributed by atoms with Gasteiger partial charge >= 0.3 is 0 Å². The molecule has 1 amide bonds. The van der Waals surface area contributed by atoms with Gasteiger partial charge in [-0.2, -0.15) is 4.31 Å². The first-order chi connectivity index (χ1) is 8.25. The molecule has 0 fully saturated rings. The van der Waals surface area contributed by atoms with Crippen LogP contribution in [0, 0.1) is 0 Å². The number of anilines is 1. The fraction of sp³-hybridized carbons (Fsp3) is 0.364. The van der Waals surface area contributed by atoms with Crippen LogP contribution in [0.3, 0.4) is 0 Å². The number of nitrogens with zero attached hydrogens (tertiary/aromatic N) is 1. The molecule has 1 aromatic rings. The molecule has 0 saturated heterocycles. The van der Waals surface area contributed by atoms with Crippen molar-refractivity contribution >= 4 is 21.6 Å². The Hall–Kier alpha value is -1.60. The van der Waals surface area contributed by atoms with E-state index in [0.29, 0.717) is 5.69 Å². The number of sulfonamides is 1. The van der Waals surface area contributed by atoms with Gasteiger partial charge in [-0.25, -0.2) is 8.42 Å². The number of carbonyl (C=O) groups excluding carboxylic acids is 1. The zero-order valence-electron chi connectivity index (χ0n) is 10.3. The highest BCUT2D eigenvalue weighted by molar-refractivity contribution is 7.89. The minimum absolute atomic E-state index is 0.0532. The quantitative estimate of drug-likeness (QED) is 0.743. The first kappa shape index (κ1) is 14.5. The molecule has 0 aliphatic carbocycles. The summed E-state index contributed by atoms with van der Waals surface area (Å²) < 4.78 is 25.7. The number of amides is 1. The Morgan fingerprint density at radius 2 is 2.00 bits per heavy atom. The molecule has 6 nitrogen and oxygen atoms in total. The van der Waals surface area contributed by atoms with E-state index in [-0.39, 0.29) is 17.5 Å². The summed E-state index contributed by atoms with van der Waals surface area (Å²) in [5.41, 5.74) is 11.0. The molecule has 0 unspecified atom stereocenters. The second kappa shape index (κ2) is 5.36. The molecule has 0 saturated carbocycles. The normalized spacial score (nSPS) is 12.0. The summed E-state index contributed by atoms with van der Waals surface area (Å²) in [6.45, 7) is 2.99. The Kier molecular flexibility index (Phi) is 4.31. The van der Waals surface area contributed by atoms with Crippen molar-refractivity contribution in [3.05, 3.63) is 24.3 Å². The van der Waals surface area contributed by atoms with Crippen LogP contribution in [0.4, 0.5) is 5.69 Å². The van der Waals surface area contributed by atoms with Crippen molar-refractivity contribution in [3.63, 3.8) is 0 Å². The maximum absolute atomic E-state index is 12.3. The minimum Gasteiger partial charge on any atom is -0.399 e. The number of rotatable bonds is 5. The zero-order chi connectivity index (χ0) is 13.9. The summed E-state index contributed by atoms with van der Waals surface area (Å²) in [6.07, 6.45) is 0. The largest absolute Gasteiger partial charge is 0.399 e. The van der Waals surface area contributed by atoms with Gasteiger partial charge in [0, 0.05) is 11.7 Å². The molecule has 18 heavy (non-hydrogen) atoms. The lowest BCUT2D eigenvalue weighted by Gasteiger charge is -2.24. The Morgan fingerprint density at radius 1 is 1.39 bits per heavy atom. The highest BCUT2D eigenvalue weighted by atomic mass is 32.2. The number of nitrogens with two attached hydrogens (primary N) is 2. The van der Waals surface area contributed by atoms with Crippen LogP contribution >= 0.6 is 0 Å². The molecule has 0 bridgehead atoms. The van der Waals surface area contributed by atoms with E-state index < -0.39 is 15.9 Å². The molecule has 4 N–H and O–H groups in total. The van der Waals surface area contributed by atoms with Gasteiger partial charge in [-0.3, -0.25) is 4.79 Å². The summed E-state index contributed by atoms with van der Waals surface area (Å²) >= 11 is 0. The van der Waals surface area contributed by atoms with Crippen molar-refractivity contribution < 1.29 is 13.2 Å². The van der Waals surface area contributed by atoms with Crippen molar-refractivity contribution in [2.75, 3.05) is 12.3 Å². The van der Waals surface area contributed by atoms with Crippen LogP contribution in [0.15, 0.2) is 29.2 Å². The van der Waals surface area contributed by atoms with Gasteiger partial charge in [0.25, 0.3) is 0 Å². The smallest absolute Gasteiger partial charge is 0.243 e. The van der Waals surface area contributed by atoms with Gasteiger partial charge in [-0.1, -0.05) is 6.07 Å². The van der Waals surface area contributed by atoms with E-state index in [1.54, 1.807) is 26.0 Å². The van der Waals surface area contributed by atoms with Gasteiger partial charge in [0.2, 0.25) is 15.9 Å². The fourth-order valence-corrected chi connectivity index (χ4v) is 3.17. The van der Waals surface area contributed by atoms with E-state index in [9.17, 15) is 13.2 Å². The number of hydrogen-bond acceptors (Lipinski definition) is 4. The lowest BCUT2D eigenvalue weighted by molar-refractivity contribution is -0.118. The molecule has 7 heteroatoms. The maximum Gasteiger partial charge on any atom is 0.243 e. The van der Waals surface area contributed by atoms with Crippen LogP contribution in [0.1, 0.15) is 13.8 Å². The van der Waals surface area contributed by atoms with Crippen molar-refractivity contribution in [2.24, 2.45) is 5.73 Å². The van der Waals surface area contributed by atoms with Crippen LogP contribution in [-0.2, 0) is 14.8 Å². The van der Waals surface area contributed by atoms with E-state index in [1.165, 1.54) is 12.1 Å². The second-order valence-electron chi connectivity index (χ2n) is 4.18. The SMILES string of the molecule is CC(C)N(CC(N)=O)S(=O)(=O)c1cccc(N)c1. The Balaban J connectivity index is 3.21. The fourth-order valence-electron chi connectivity index (χ4n) is 1.51. The van der Waals surface area contributed by atoms with E-state index >= 15 is 0 Å². The number of carbonyl (C=O) groups is 1. The third kappa shape index (κ3) is 3.21.